The average molecular weight is 489 g/mol. The minimum atomic E-state index is -3.80. The van der Waals surface area contributed by atoms with Gasteiger partial charge in [-0.2, -0.15) is 0 Å². The van der Waals surface area contributed by atoms with Crippen LogP contribution in [0.4, 0.5) is 5.69 Å². The molecule has 33 heavy (non-hydrogen) atoms. The number of nitrogens with one attached hydrogen (secondary N) is 2. The first kappa shape index (κ1) is 24.4. The van der Waals surface area contributed by atoms with E-state index in [1.807, 2.05) is 25.1 Å². The molecule has 0 radical (unpaired) electrons. The number of benzene rings is 3. The van der Waals surface area contributed by atoms with Crippen molar-refractivity contribution in [3.8, 4) is 11.5 Å². The summed E-state index contributed by atoms with van der Waals surface area (Å²) in [5, 5.41) is 2.95. The van der Waals surface area contributed by atoms with E-state index in [1.54, 1.807) is 26.4 Å². The van der Waals surface area contributed by atoms with Gasteiger partial charge in [-0.25, -0.2) is 8.42 Å². The second-order valence-electron chi connectivity index (χ2n) is 7.31. The van der Waals surface area contributed by atoms with Crippen LogP contribution in [0.25, 0.3) is 0 Å². The fraction of sp³-hybridized carbons (Fsp3) is 0.208. The van der Waals surface area contributed by atoms with Crippen LogP contribution >= 0.6 is 11.6 Å². The van der Waals surface area contributed by atoms with Gasteiger partial charge in [0.1, 0.15) is 0 Å². The van der Waals surface area contributed by atoms with Gasteiger partial charge in [0.25, 0.3) is 15.9 Å². The Morgan fingerprint density at radius 1 is 0.939 bits per heavy atom. The molecular weight excluding hydrogens is 464 g/mol. The molecule has 3 rings (SSSR count). The number of hydrogen-bond donors (Lipinski definition) is 2. The van der Waals surface area contributed by atoms with Gasteiger partial charge in [-0.3, -0.25) is 9.52 Å². The minimum Gasteiger partial charge on any atom is -0.493 e. The molecule has 0 aromatic heterocycles. The van der Waals surface area contributed by atoms with E-state index in [2.05, 4.69) is 10.0 Å². The molecule has 0 spiro atoms. The number of sulfonamides is 1. The number of carbonyl (C=O) groups excluding carboxylic acids is 1. The Kier molecular flexibility index (Phi) is 7.84. The molecule has 3 aromatic rings. The highest BCUT2D eigenvalue weighted by atomic mass is 35.5. The number of ether oxygens (including phenoxy) is 2. The molecule has 0 atom stereocenters. The van der Waals surface area contributed by atoms with Gasteiger partial charge < -0.3 is 14.8 Å². The molecule has 3 aromatic carbocycles. The summed E-state index contributed by atoms with van der Waals surface area (Å²) >= 11 is 6.25. The zero-order valence-electron chi connectivity index (χ0n) is 18.5. The van der Waals surface area contributed by atoms with Crippen LogP contribution in [0.3, 0.4) is 0 Å². The Hall–Kier alpha value is -3.23. The van der Waals surface area contributed by atoms with Crippen molar-refractivity contribution >= 4 is 33.2 Å². The van der Waals surface area contributed by atoms with Crippen LogP contribution in [0.1, 0.15) is 21.5 Å². The Balaban J connectivity index is 1.62. The van der Waals surface area contributed by atoms with Gasteiger partial charge in [0.2, 0.25) is 0 Å². The van der Waals surface area contributed by atoms with Gasteiger partial charge in [-0.05, 0) is 61.4 Å². The first-order valence-electron chi connectivity index (χ1n) is 10.1. The summed E-state index contributed by atoms with van der Waals surface area (Å²) in [6.45, 7) is 2.27. The molecule has 0 aliphatic heterocycles. The van der Waals surface area contributed by atoms with Crippen molar-refractivity contribution in [1.82, 2.24) is 5.32 Å². The second-order valence-corrected chi connectivity index (χ2v) is 9.40. The SMILES string of the molecule is COc1ccc(CCNC(=O)c2ccc(NS(=O)(=O)c3ccc(C)cc3)c(Cl)c2)cc1OC. The molecular formula is C24H25ClN2O5S. The van der Waals surface area contributed by atoms with Crippen molar-refractivity contribution < 1.29 is 22.7 Å². The van der Waals surface area contributed by atoms with Gasteiger partial charge in [-0.15, -0.1) is 0 Å². The molecule has 2 N–H and O–H groups in total. The smallest absolute Gasteiger partial charge is 0.261 e. The molecule has 9 heteroatoms. The predicted octanol–water partition coefficient (Wildman–Crippen LogP) is 4.44. The lowest BCUT2D eigenvalue weighted by atomic mass is 10.1. The number of halogens is 1. The molecule has 0 bridgehead atoms. The van der Waals surface area contributed by atoms with Crippen LogP contribution in [0.2, 0.25) is 5.02 Å². The fourth-order valence-corrected chi connectivity index (χ4v) is 4.48. The Labute approximate surface area is 198 Å². The van der Waals surface area contributed by atoms with Crippen LogP contribution in [0.15, 0.2) is 65.6 Å². The van der Waals surface area contributed by atoms with Crippen molar-refractivity contribution in [3.63, 3.8) is 0 Å². The monoisotopic (exact) mass is 488 g/mol. The van der Waals surface area contributed by atoms with E-state index in [4.69, 9.17) is 21.1 Å². The van der Waals surface area contributed by atoms with E-state index in [1.165, 1.54) is 30.3 Å². The summed E-state index contributed by atoms with van der Waals surface area (Å²) in [4.78, 5) is 12.6. The second kappa shape index (κ2) is 10.6. The fourth-order valence-electron chi connectivity index (χ4n) is 3.12. The van der Waals surface area contributed by atoms with Gasteiger partial charge in [0, 0.05) is 12.1 Å². The number of rotatable bonds is 9. The quantitative estimate of drug-likeness (QED) is 0.464. The van der Waals surface area contributed by atoms with E-state index in [0.717, 1.165) is 11.1 Å². The minimum absolute atomic E-state index is 0.123. The third-order valence-electron chi connectivity index (χ3n) is 4.95. The van der Waals surface area contributed by atoms with E-state index < -0.39 is 10.0 Å². The molecule has 0 fully saturated rings. The molecule has 0 unspecified atom stereocenters. The van der Waals surface area contributed by atoms with Crippen LogP contribution in [0.5, 0.6) is 11.5 Å². The lowest BCUT2D eigenvalue weighted by Gasteiger charge is -2.12. The number of aryl methyl sites for hydroxylation is 1. The highest BCUT2D eigenvalue weighted by Gasteiger charge is 2.17. The van der Waals surface area contributed by atoms with Crippen molar-refractivity contribution in [3.05, 3.63) is 82.4 Å². The van der Waals surface area contributed by atoms with Crippen LogP contribution in [-0.4, -0.2) is 35.1 Å². The lowest BCUT2D eigenvalue weighted by Crippen LogP contribution is -2.25. The molecule has 174 valence electrons. The topological polar surface area (TPSA) is 93.7 Å². The zero-order chi connectivity index (χ0) is 24.0. The first-order valence-corrected chi connectivity index (χ1v) is 12.0. The van der Waals surface area contributed by atoms with Gasteiger partial charge in [0.15, 0.2) is 11.5 Å². The maximum absolute atomic E-state index is 12.6. The Morgan fingerprint density at radius 2 is 1.64 bits per heavy atom. The van der Waals surface area contributed by atoms with E-state index >= 15 is 0 Å². The molecule has 0 saturated heterocycles. The molecule has 0 aliphatic rings. The summed E-state index contributed by atoms with van der Waals surface area (Å²) in [5.74, 6) is 0.945. The maximum atomic E-state index is 12.6. The lowest BCUT2D eigenvalue weighted by molar-refractivity contribution is 0.0954. The summed E-state index contributed by atoms with van der Waals surface area (Å²) in [6, 6.07) is 16.5. The maximum Gasteiger partial charge on any atom is 0.261 e. The van der Waals surface area contributed by atoms with Crippen molar-refractivity contribution in [2.24, 2.45) is 0 Å². The molecule has 0 saturated carbocycles. The summed E-state index contributed by atoms with van der Waals surface area (Å²) in [5.41, 5.74) is 2.45. The third kappa shape index (κ3) is 6.18. The molecule has 7 nitrogen and oxygen atoms in total. The summed E-state index contributed by atoms with van der Waals surface area (Å²) < 4.78 is 38.1. The Morgan fingerprint density at radius 3 is 2.27 bits per heavy atom. The summed E-state index contributed by atoms with van der Waals surface area (Å²) in [7, 11) is -0.657. The number of carbonyl (C=O) groups is 1. The third-order valence-corrected chi connectivity index (χ3v) is 6.65. The largest absolute Gasteiger partial charge is 0.493 e. The van der Waals surface area contributed by atoms with Crippen molar-refractivity contribution in [2.75, 3.05) is 25.5 Å². The number of hydrogen-bond acceptors (Lipinski definition) is 5. The van der Waals surface area contributed by atoms with Crippen LogP contribution < -0.4 is 19.5 Å². The standard InChI is InChI=1S/C24H25ClN2O5S/c1-16-4-8-19(9-5-16)33(29,30)27-21-10-7-18(15-20(21)25)24(28)26-13-12-17-6-11-22(31-2)23(14-17)32-3/h4-11,14-15,27H,12-13H2,1-3H3,(H,26,28). The highest BCUT2D eigenvalue weighted by Crippen LogP contribution is 2.28. The Bertz CT molecular complexity index is 1240. The molecule has 0 heterocycles. The normalized spacial score (nSPS) is 11.0. The van der Waals surface area contributed by atoms with Crippen molar-refractivity contribution in [1.29, 1.82) is 0 Å². The number of amides is 1. The van der Waals surface area contributed by atoms with Crippen LogP contribution in [0, 0.1) is 6.92 Å². The first-order chi connectivity index (χ1) is 15.7. The zero-order valence-corrected chi connectivity index (χ0v) is 20.1. The van der Waals surface area contributed by atoms with Gasteiger partial charge in [-0.1, -0.05) is 35.4 Å². The molecule has 0 aliphatic carbocycles. The summed E-state index contributed by atoms with van der Waals surface area (Å²) in [6.07, 6.45) is 0.592. The number of anilines is 1. The highest BCUT2D eigenvalue weighted by molar-refractivity contribution is 7.92. The van der Waals surface area contributed by atoms with E-state index in [9.17, 15) is 13.2 Å². The average Bonchev–Trinajstić information content (AvgIpc) is 2.80. The van der Waals surface area contributed by atoms with Crippen LogP contribution in [-0.2, 0) is 16.4 Å². The van der Waals surface area contributed by atoms with Gasteiger partial charge >= 0.3 is 0 Å². The molecule has 1 amide bonds. The number of methoxy groups -OCH3 is 2. The predicted molar refractivity (Wildman–Crippen MR) is 129 cm³/mol. The van der Waals surface area contributed by atoms with Gasteiger partial charge in [0.05, 0.1) is 29.8 Å². The van der Waals surface area contributed by atoms with E-state index in [-0.39, 0.29) is 21.5 Å². The van der Waals surface area contributed by atoms with Crippen molar-refractivity contribution in [2.45, 2.75) is 18.2 Å². The van der Waals surface area contributed by atoms with E-state index in [0.29, 0.717) is 30.0 Å².